The molecule has 1 aromatic carbocycles. The molecule has 3 N–H and O–H groups in total. The molecule has 0 radical (unpaired) electrons. The van der Waals surface area contributed by atoms with E-state index in [0.717, 1.165) is 0 Å². The zero-order valence-corrected chi connectivity index (χ0v) is 10.7. The molecular weight excluding hydrogens is 260 g/mol. The van der Waals surface area contributed by atoms with E-state index in [0.29, 0.717) is 17.8 Å². The topological polar surface area (TPSA) is 108 Å². The van der Waals surface area contributed by atoms with Gasteiger partial charge in [0.05, 0.1) is 24.4 Å². The van der Waals surface area contributed by atoms with E-state index in [9.17, 15) is 9.59 Å². The summed E-state index contributed by atoms with van der Waals surface area (Å²) in [4.78, 5) is 24.6. The number of nitriles is 1. The molecule has 0 bridgehead atoms. The summed E-state index contributed by atoms with van der Waals surface area (Å²) >= 11 is 0. The second-order valence-corrected chi connectivity index (χ2v) is 4.30. The predicted molar refractivity (Wildman–Crippen MR) is 70.7 cm³/mol. The molecule has 7 nitrogen and oxygen atoms in total. The van der Waals surface area contributed by atoms with Crippen LogP contribution in [0.1, 0.15) is 5.56 Å². The van der Waals surface area contributed by atoms with Crippen LogP contribution >= 0.6 is 0 Å². The van der Waals surface area contributed by atoms with Crippen molar-refractivity contribution >= 4 is 17.6 Å². The summed E-state index contributed by atoms with van der Waals surface area (Å²) < 4.78 is 5.17. The van der Waals surface area contributed by atoms with E-state index in [1.165, 1.54) is 4.90 Å². The first-order chi connectivity index (χ1) is 9.61. The maximum absolute atomic E-state index is 12.1. The lowest BCUT2D eigenvalue weighted by Crippen LogP contribution is -2.51. The second-order valence-electron chi connectivity index (χ2n) is 4.30. The molecule has 104 valence electrons. The fraction of sp³-hybridized carbons (Fsp3) is 0.308. The second kappa shape index (κ2) is 6.04. The Morgan fingerprint density at radius 1 is 1.45 bits per heavy atom. The minimum atomic E-state index is -0.791. The number of morpholine rings is 1. The number of carbonyl (C=O) groups is 2. The molecule has 1 saturated heterocycles. The van der Waals surface area contributed by atoms with Crippen LogP contribution in [0.4, 0.5) is 10.5 Å². The zero-order chi connectivity index (χ0) is 14.5. The molecule has 3 amide bonds. The Balaban J connectivity index is 2.05. The molecule has 1 unspecified atom stereocenters. The van der Waals surface area contributed by atoms with Gasteiger partial charge in [0.1, 0.15) is 6.07 Å². The number of primary amides is 1. The van der Waals surface area contributed by atoms with Crippen molar-refractivity contribution in [3.8, 4) is 6.07 Å². The number of hydrogen-bond donors (Lipinski definition) is 2. The van der Waals surface area contributed by atoms with Gasteiger partial charge in [-0.2, -0.15) is 5.26 Å². The molecule has 1 fully saturated rings. The van der Waals surface area contributed by atoms with Gasteiger partial charge in [-0.1, -0.05) is 12.1 Å². The van der Waals surface area contributed by atoms with Crippen LogP contribution in [-0.2, 0) is 9.53 Å². The number of para-hydroxylation sites is 1. The van der Waals surface area contributed by atoms with Crippen LogP contribution in [0.25, 0.3) is 0 Å². The molecule has 0 aliphatic carbocycles. The lowest BCUT2D eigenvalue weighted by molar-refractivity contribution is -0.133. The average molecular weight is 274 g/mol. The number of benzene rings is 1. The molecule has 0 spiro atoms. The van der Waals surface area contributed by atoms with E-state index in [2.05, 4.69) is 5.32 Å². The van der Waals surface area contributed by atoms with Gasteiger partial charge in [-0.3, -0.25) is 4.79 Å². The number of hydrogen-bond acceptors (Lipinski definition) is 4. The van der Waals surface area contributed by atoms with Crippen molar-refractivity contribution in [1.82, 2.24) is 4.90 Å². The van der Waals surface area contributed by atoms with E-state index in [1.807, 2.05) is 6.07 Å². The number of nitrogens with zero attached hydrogens (tertiary/aromatic N) is 2. The first kappa shape index (κ1) is 13.8. The van der Waals surface area contributed by atoms with Gasteiger partial charge in [0.25, 0.3) is 0 Å². The summed E-state index contributed by atoms with van der Waals surface area (Å²) in [5, 5.41) is 11.6. The highest BCUT2D eigenvalue weighted by atomic mass is 16.5. The highest BCUT2D eigenvalue weighted by molar-refractivity contribution is 5.91. The average Bonchev–Trinajstić information content (AvgIpc) is 2.48. The number of anilines is 1. The van der Waals surface area contributed by atoms with Crippen LogP contribution in [0, 0.1) is 11.3 Å². The summed E-state index contributed by atoms with van der Waals surface area (Å²) in [5.41, 5.74) is 5.97. The van der Waals surface area contributed by atoms with Gasteiger partial charge in [-0.25, -0.2) is 4.79 Å². The van der Waals surface area contributed by atoms with Gasteiger partial charge in [0.2, 0.25) is 5.91 Å². The van der Waals surface area contributed by atoms with Crippen LogP contribution < -0.4 is 11.1 Å². The normalized spacial score (nSPS) is 18.1. The molecule has 2 rings (SSSR count). The number of amides is 3. The number of nitrogens with one attached hydrogen (secondary N) is 1. The van der Waals surface area contributed by atoms with Gasteiger partial charge < -0.3 is 20.7 Å². The van der Waals surface area contributed by atoms with Gasteiger partial charge in [0.15, 0.2) is 6.10 Å². The maximum Gasteiger partial charge on any atom is 0.322 e. The largest absolute Gasteiger partial charge is 0.367 e. The molecule has 1 aliphatic heterocycles. The summed E-state index contributed by atoms with van der Waals surface area (Å²) in [6.07, 6.45) is -0.791. The van der Waals surface area contributed by atoms with E-state index in [-0.39, 0.29) is 19.2 Å². The number of ether oxygens (including phenoxy) is 1. The molecule has 1 aliphatic rings. The molecule has 1 heterocycles. The third-order valence-electron chi connectivity index (χ3n) is 2.96. The molecule has 0 aromatic heterocycles. The van der Waals surface area contributed by atoms with Gasteiger partial charge in [-0.05, 0) is 12.1 Å². The Morgan fingerprint density at radius 3 is 2.90 bits per heavy atom. The molecule has 20 heavy (non-hydrogen) atoms. The van der Waals surface area contributed by atoms with Crippen molar-refractivity contribution < 1.29 is 14.3 Å². The van der Waals surface area contributed by atoms with Crippen LogP contribution in [0.2, 0.25) is 0 Å². The van der Waals surface area contributed by atoms with Crippen LogP contribution in [0.5, 0.6) is 0 Å². The van der Waals surface area contributed by atoms with E-state index < -0.39 is 12.0 Å². The zero-order valence-electron chi connectivity index (χ0n) is 10.7. The quantitative estimate of drug-likeness (QED) is 0.807. The first-order valence-electron chi connectivity index (χ1n) is 6.08. The van der Waals surface area contributed by atoms with Gasteiger partial charge >= 0.3 is 6.03 Å². The Kier molecular flexibility index (Phi) is 4.17. The van der Waals surface area contributed by atoms with Crippen molar-refractivity contribution in [2.24, 2.45) is 5.73 Å². The van der Waals surface area contributed by atoms with Gasteiger partial charge in [0, 0.05) is 6.54 Å². The molecule has 7 heteroatoms. The monoisotopic (exact) mass is 274 g/mol. The molecular formula is C13H14N4O3. The minimum absolute atomic E-state index is 0.107. The Bertz CT molecular complexity index is 567. The summed E-state index contributed by atoms with van der Waals surface area (Å²) in [6, 6.07) is 8.30. The SMILES string of the molecule is N#Cc1ccccc1NC(=O)N1CCOC(C(N)=O)C1. The molecule has 1 aromatic rings. The van der Waals surface area contributed by atoms with Crippen molar-refractivity contribution in [3.05, 3.63) is 29.8 Å². The van der Waals surface area contributed by atoms with E-state index >= 15 is 0 Å². The number of urea groups is 1. The van der Waals surface area contributed by atoms with Crippen molar-refractivity contribution in [2.75, 3.05) is 25.0 Å². The Hall–Kier alpha value is -2.59. The number of rotatable bonds is 2. The van der Waals surface area contributed by atoms with Crippen LogP contribution in [0.15, 0.2) is 24.3 Å². The van der Waals surface area contributed by atoms with E-state index in [1.54, 1.807) is 24.3 Å². The fourth-order valence-corrected chi connectivity index (χ4v) is 1.89. The van der Waals surface area contributed by atoms with E-state index in [4.69, 9.17) is 15.7 Å². The highest BCUT2D eigenvalue weighted by Gasteiger charge is 2.27. The molecule has 0 saturated carbocycles. The Morgan fingerprint density at radius 2 is 2.20 bits per heavy atom. The lowest BCUT2D eigenvalue weighted by atomic mass is 10.2. The first-order valence-corrected chi connectivity index (χ1v) is 6.08. The smallest absolute Gasteiger partial charge is 0.322 e. The summed E-state index contributed by atoms with van der Waals surface area (Å²) in [6.45, 7) is 0.723. The Labute approximate surface area is 115 Å². The van der Waals surface area contributed by atoms with Crippen molar-refractivity contribution in [1.29, 1.82) is 5.26 Å². The van der Waals surface area contributed by atoms with Crippen molar-refractivity contribution in [2.45, 2.75) is 6.10 Å². The van der Waals surface area contributed by atoms with Gasteiger partial charge in [-0.15, -0.1) is 0 Å². The standard InChI is InChI=1S/C13H14N4O3/c14-7-9-3-1-2-4-10(9)16-13(19)17-5-6-20-11(8-17)12(15)18/h1-4,11H,5-6,8H2,(H2,15,18)(H,16,19). The highest BCUT2D eigenvalue weighted by Crippen LogP contribution is 2.15. The maximum atomic E-state index is 12.1. The fourth-order valence-electron chi connectivity index (χ4n) is 1.89. The number of carbonyl (C=O) groups excluding carboxylic acids is 2. The van der Waals surface area contributed by atoms with Crippen molar-refractivity contribution in [3.63, 3.8) is 0 Å². The van der Waals surface area contributed by atoms with Crippen LogP contribution in [0.3, 0.4) is 0 Å². The third-order valence-corrected chi connectivity index (χ3v) is 2.96. The predicted octanol–water partition coefficient (Wildman–Crippen LogP) is 0.276. The third kappa shape index (κ3) is 3.05. The minimum Gasteiger partial charge on any atom is -0.367 e. The summed E-state index contributed by atoms with van der Waals surface area (Å²) in [7, 11) is 0. The lowest BCUT2D eigenvalue weighted by Gasteiger charge is -2.31. The number of nitrogens with two attached hydrogens (primary N) is 1. The summed E-state index contributed by atoms with van der Waals surface area (Å²) in [5.74, 6) is -0.597. The molecule has 1 atom stereocenters. The van der Waals surface area contributed by atoms with Crippen LogP contribution in [-0.4, -0.2) is 42.6 Å².